The summed E-state index contributed by atoms with van der Waals surface area (Å²) < 4.78 is 20.7. The third-order valence-electron chi connectivity index (χ3n) is 3.54. The molecule has 2 unspecified atom stereocenters. The highest BCUT2D eigenvalue weighted by Crippen LogP contribution is 2.09. The van der Waals surface area contributed by atoms with Gasteiger partial charge in [0.1, 0.15) is 0 Å². The molecule has 0 saturated carbocycles. The van der Waals surface area contributed by atoms with E-state index in [1.54, 1.807) is 6.92 Å². The Hall–Kier alpha value is -1.14. The van der Waals surface area contributed by atoms with Crippen molar-refractivity contribution in [2.75, 3.05) is 13.7 Å². The topological polar surface area (TPSA) is 71.1 Å². The zero-order valence-electron chi connectivity index (χ0n) is 15.7. The molecule has 6 heteroatoms. The number of hydrogen-bond donors (Lipinski definition) is 0. The highest BCUT2D eigenvalue weighted by molar-refractivity contribution is 5.70. The van der Waals surface area contributed by atoms with E-state index < -0.39 is 12.6 Å². The fraction of sp³-hybridized carbons (Fsp3) is 0.889. The summed E-state index contributed by atoms with van der Waals surface area (Å²) in [6.07, 6.45) is 5.86. The van der Waals surface area contributed by atoms with E-state index in [4.69, 9.17) is 18.9 Å². The minimum Gasteiger partial charge on any atom is -0.436 e. The van der Waals surface area contributed by atoms with Crippen LogP contribution in [0.15, 0.2) is 0 Å². The fourth-order valence-electron chi connectivity index (χ4n) is 2.02. The molecular weight excluding hydrogens is 312 g/mol. The molecule has 0 spiro atoms. The molecule has 0 amide bonds. The lowest BCUT2D eigenvalue weighted by molar-refractivity contribution is -0.180. The first-order valence-electron chi connectivity index (χ1n) is 9.06. The average molecular weight is 346 g/mol. The summed E-state index contributed by atoms with van der Waals surface area (Å²) in [7, 11) is 1.48. The number of hydrogen-bond acceptors (Lipinski definition) is 6. The maximum Gasteiger partial charge on any atom is 0.308 e. The Balaban J connectivity index is 3.72. The van der Waals surface area contributed by atoms with E-state index in [2.05, 4.69) is 6.92 Å². The first-order valence-corrected chi connectivity index (χ1v) is 9.06. The second-order valence-electron chi connectivity index (χ2n) is 5.76. The van der Waals surface area contributed by atoms with Crippen molar-refractivity contribution in [3.63, 3.8) is 0 Å². The standard InChI is InChI=1S/C18H34O6/c1-5-7-8-11-14-22-18(6-2)24-17(20)13-10-9-12-16(19)23-15(3)21-4/h15,18H,5-14H2,1-4H3. The van der Waals surface area contributed by atoms with Crippen LogP contribution < -0.4 is 0 Å². The summed E-state index contributed by atoms with van der Waals surface area (Å²) in [5.41, 5.74) is 0. The van der Waals surface area contributed by atoms with Crippen LogP contribution in [0.2, 0.25) is 0 Å². The van der Waals surface area contributed by atoms with Gasteiger partial charge in [-0.15, -0.1) is 0 Å². The van der Waals surface area contributed by atoms with Crippen LogP contribution in [-0.4, -0.2) is 38.2 Å². The van der Waals surface area contributed by atoms with Crippen LogP contribution in [0.3, 0.4) is 0 Å². The first-order chi connectivity index (χ1) is 11.5. The van der Waals surface area contributed by atoms with E-state index in [0.29, 0.717) is 25.9 Å². The molecule has 6 nitrogen and oxygen atoms in total. The summed E-state index contributed by atoms with van der Waals surface area (Å²) in [6, 6.07) is 0. The number of esters is 2. The van der Waals surface area contributed by atoms with Crippen molar-refractivity contribution in [1.82, 2.24) is 0 Å². The van der Waals surface area contributed by atoms with Crippen LogP contribution in [-0.2, 0) is 28.5 Å². The molecular formula is C18H34O6. The molecule has 24 heavy (non-hydrogen) atoms. The zero-order chi connectivity index (χ0) is 18.2. The Morgan fingerprint density at radius 1 is 0.875 bits per heavy atom. The molecule has 0 aliphatic rings. The fourth-order valence-corrected chi connectivity index (χ4v) is 2.02. The number of ether oxygens (including phenoxy) is 4. The molecule has 0 radical (unpaired) electrons. The van der Waals surface area contributed by atoms with Crippen LogP contribution in [0, 0.1) is 0 Å². The van der Waals surface area contributed by atoms with E-state index in [-0.39, 0.29) is 24.8 Å². The molecule has 142 valence electrons. The Kier molecular flexibility index (Phi) is 14.7. The number of rotatable bonds is 15. The highest BCUT2D eigenvalue weighted by Gasteiger charge is 2.13. The maximum atomic E-state index is 11.8. The van der Waals surface area contributed by atoms with Crippen LogP contribution in [0.5, 0.6) is 0 Å². The quantitative estimate of drug-likeness (QED) is 0.254. The third-order valence-corrected chi connectivity index (χ3v) is 3.54. The molecule has 0 aliphatic carbocycles. The van der Waals surface area contributed by atoms with E-state index in [9.17, 15) is 9.59 Å². The molecule has 0 fully saturated rings. The number of methoxy groups -OCH3 is 1. The molecule has 0 saturated heterocycles. The van der Waals surface area contributed by atoms with Gasteiger partial charge >= 0.3 is 11.9 Å². The van der Waals surface area contributed by atoms with Crippen molar-refractivity contribution in [3.05, 3.63) is 0 Å². The number of carbonyl (C=O) groups excluding carboxylic acids is 2. The SMILES string of the molecule is CCCCCCOC(CC)OC(=O)CCCCC(=O)OC(C)OC. The second kappa shape index (κ2) is 15.4. The molecule has 0 bridgehead atoms. The monoisotopic (exact) mass is 346 g/mol. The average Bonchev–Trinajstić information content (AvgIpc) is 2.57. The Morgan fingerprint density at radius 3 is 2.04 bits per heavy atom. The molecule has 0 rings (SSSR count). The van der Waals surface area contributed by atoms with Gasteiger partial charge < -0.3 is 18.9 Å². The van der Waals surface area contributed by atoms with E-state index >= 15 is 0 Å². The van der Waals surface area contributed by atoms with Crippen molar-refractivity contribution in [1.29, 1.82) is 0 Å². The molecule has 2 atom stereocenters. The first kappa shape index (κ1) is 22.9. The molecule has 0 heterocycles. The van der Waals surface area contributed by atoms with Crippen molar-refractivity contribution < 1.29 is 28.5 Å². The maximum absolute atomic E-state index is 11.8. The Labute approximate surface area is 146 Å². The lowest BCUT2D eigenvalue weighted by Gasteiger charge is -2.17. The molecule has 0 aliphatic heterocycles. The van der Waals surface area contributed by atoms with Crippen LogP contribution in [0.4, 0.5) is 0 Å². The third kappa shape index (κ3) is 13.3. The van der Waals surface area contributed by atoms with Crippen molar-refractivity contribution >= 4 is 11.9 Å². The van der Waals surface area contributed by atoms with Gasteiger partial charge in [-0.05, 0) is 26.2 Å². The van der Waals surface area contributed by atoms with Gasteiger partial charge in [0.2, 0.25) is 6.29 Å². The van der Waals surface area contributed by atoms with Gasteiger partial charge in [-0.3, -0.25) is 9.59 Å². The van der Waals surface area contributed by atoms with Gasteiger partial charge in [-0.2, -0.15) is 0 Å². The van der Waals surface area contributed by atoms with E-state index in [1.165, 1.54) is 20.0 Å². The Bertz CT molecular complexity index is 331. The minimum atomic E-state index is -0.540. The smallest absolute Gasteiger partial charge is 0.308 e. The summed E-state index contributed by atoms with van der Waals surface area (Å²) in [5, 5.41) is 0. The van der Waals surface area contributed by atoms with Crippen LogP contribution in [0.25, 0.3) is 0 Å². The van der Waals surface area contributed by atoms with Gasteiger partial charge in [-0.1, -0.05) is 33.1 Å². The molecule has 0 aromatic rings. The zero-order valence-corrected chi connectivity index (χ0v) is 15.7. The summed E-state index contributed by atoms with van der Waals surface area (Å²) in [6.45, 7) is 6.37. The second-order valence-corrected chi connectivity index (χ2v) is 5.76. The lowest BCUT2D eigenvalue weighted by atomic mass is 10.2. The highest BCUT2D eigenvalue weighted by atomic mass is 16.7. The lowest BCUT2D eigenvalue weighted by Crippen LogP contribution is -2.21. The predicted octanol–water partition coefficient (Wildman–Crippen LogP) is 3.96. The Morgan fingerprint density at radius 2 is 1.50 bits per heavy atom. The molecule has 0 aromatic heterocycles. The molecule has 0 N–H and O–H groups in total. The van der Waals surface area contributed by atoms with Gasteiger partial charge in [-0.25, -0.2) is 0 Å². The summed E-state index contributed by atoms with van der Waals surface area (Å²) >= 11 is 0. The van der Waals surface area contributed by atoms with Crippen molar-refractivity contribution in [2.24, 2.45) is 0 Å². The summed E-state index contributed by atoms with van der Waals surface area (Å²) in [5.74, 6) is -0.603. The number of carbonyl (C=O) groups is 2. The van der Waals surface area contributed by atoms with Gasteiger partial charge in [0.15, 0.2) is 6.29 Å². The van der Waals surface area contributed by atoms with Crippen LogP contribution >= 0.6 is 0 Å². The number of unbranched alkanes of at least 4 members (excludes halogenated alkanes) is 4. The normalized spacial score (nSPS) is 13.3. The van der Waals surface area contributed by atoms with Crippen LogP contribution in [0.1, 0.15) is 78.6 Å². The largest absolute Gasteiger partial charge is 0.436 e. The van der Waals surface area contributed by atoms with E-state index in [1.807, 2.05) is 6.92 Å². The minimum absolute atomic E-state index is 0.270. The van der Waals surface area contributed by atoms with Crippen molar-refractivity contribution in [2.45, 2.75) is 91.1 Å². The van der Waals surface area contributed by atoms with E-state index in [0.717, 1.165) is 12.8 Å². The van der Waals surface area contributed by atoms with Crippen molar-refractivity contribution in [3.8, 4) is 0 Å². The molecule has 0 aromatic carbocycles. The van der Waals surface area contributed by atoms with Gasteiger partial charge in [0.25, 0.3) is 0 Å². The van der Waals surface area contributed by atoms with Gasteiger partial charge in [0, 0.05) is 26.4 Å². The predicted molar refractivity (Wildman–Crippen MR) is 91.3 cm³/mol. The van der Waals surface area contributed by atoms with Gasteiger partial charge in [0.05, 0.1) is 6.61 Å². The summed E-state index contributed by atoms with van der Waals surface area (Å²) in [4.78, 5) is 23.2.